The number of hydrogen-bond donors (Lipinski definition) is 0. The molecule has 2 heterocycles. The number of hydrogen-bond acceptors (Lipinski definition) is 4. The van der Waals surface area contributed by atoms with E-state index in [0.717, 1.165) is 29.0 Å². The molecule has 1 aromatic heterocycles. The Bertz CT molecular complexity index is 718. The molecule has 4 nitrogen and oxygen atoms in total. The van der Waals surface area contributed by atoms with Gasteiger partial charge in [-0.3, -0.25) is 9.59 Å². The summed E-state index contributed by atoms with van der Waals surface area (Å²) in [5.74, 6) is 1.28. The molecule has 1 fully saturated rings. The number of benzene rings is 1. The van der Waals surface area contributed by atoms with Gasteiger partial charge in [-0.25, -0.2) is 0 Å². The number of methoxy groups -OCH3 is 1. The molecule has 1 aliphatic heterocycles. The average Bonchev–Trinajstić information content (AvgIpc) is 3.20. The first-order chi connectivity index (χ1) is 12.2. The molecule has 2 aromatic rings. The van der Waals surface area contributed by atoms with Crippen LogP contribution in [0.4, 0.5) is 0 Å². The lowest BCUT2D eigenvalue weighted by atomic mass is 9.91. The molecule has 0 atom stereocenters. The Morgan fingerprint density at radius 2 is 2.00 bits per heavy atom. The van der Waals surface area contributed by atoms with E-state index in [1.165, 1.54) is 11.3 Å². The van der Waals surface area contributed by atoms with Crippen LogP contribution in [0.2, 0.25) is 0 Å². The fraction of sp³-hybridized carbons (Fsp3) is 0.400. The topological polar surface area (TPSA) is 46.6 Å². The number of Topliss-reactive ketones (excluding diaryl/α,β-unsaturated/α-hetero) is 1. The molecule has 1 aromatic carbocycles. The summed E-state index contributed by atoms with van der Waals surface area (Å²) in [6, 6.07) is 11.6. The van der Waals surface area contributed by atoms with Crippen molar-refractivity contribution in [3.8, 4) is 5.75 Å². The fourth-order valence-electron chi connectivity index (χ4n) is 3.25. The summed E-state index contributed by atoms with van der Waals surface area (Å²) in [5, 5.41) is 1.93. The van der Waals surface area contributed by atoms with Crippen molar-refractivity contribution in [1.29, 1.82) is 0 Å². The summed E-state index contributed by atoms with van der Waals surface area (Å²) >= 11 is 1.50. The zero-order valence-corrected chi connectivity index (χ0v) is 15.3. The van der Waals surface area contributed by atoms with Crippen molar-refractivity contribution in [2.24, 2.45) is 5.92 Å². The molecule has 0 aliphatic carbocycles. The molecular formula is C20H23NO3S. The van der Waals surface area contributed by atoms with Crippen LogP contribution in [-0.2, 0) is 11.2 Å². The maximum absolute atomic E-state index is 12.4. The number of aryl methyl sites for hydroxylation is 1. The van der Waals surface area contributed by atoms with E-state index in [9.17, 15) is 9.59 Å². The third kappa shape index (κ3) is 4.48. The van der Waals surface area contributed by atoms with Crippen molar-refractivity contribution < 1.29 is 14.3 Å². The largest absolute Gasteiger partial charge is 0.497 e. The van der Waals surface area contributed by atoms with Gasteiger partial charge < -0.3 is 9.64 Å². The first-order valence-corrected chi connectivity index (χ1v) is 9.54. The van der Waals surface area contributed by atoms with Gasteiger partial charge >= 0.3 is 0 Å². The second kappa shape index (κ2) is 8.30. The second-order valence-corrected chi connectivity index (χ2v) is 7.30. The quantitative estimate of drug-likeness (QED) is 0.739. The fourth-order valence-corrected chi connectivity index (χ4v) is 3.99. The average molecular weight is 357 g/mol. The van der Waals surface area contributed by atoms with Gasteiger partial charge in [0.05, 0.1) is 12.0 Å². The SMILES string of the molecule is COc1cccc(CCC(=O)N2CCC(C(=O)c3cccs3)CC2)c1. The van der Waals surface area contributed by atoms with Crippen LogP contribution in [0.15, 0.2) is 41.8 Å². The van der Waals surface area contributed by atoms with E-state index in [-0.39, 0.29) is 17.6 Å². The monoisotopic (exact) mass is 357 g/mol. The highest BCUT2D eigenvalue weighted by Crippen LogP contribution is 2.24. The molecule has 5 heteroatoms. The zero-order chi connectivity index (χ0) is 17.6. The summed E-state index contributed by atoms with van der Waals surface area (Å²) in [6.45, 7) is 1.36. The number of nitrogens with zero attached hydrogens (tertiary/aromatic N) is 1. The lowest BCUT2D eigenvalue weighted by Gasteiger charge is -2.31. The van der Waals surface area contributed by atoms with E-state index in [0.29, 0.717) is 25.9 Å². The van der Waals surface area contributed by atoms with Crippen LogP contribution in [-0.4, -0.2) is 36.8 Å². The van der Waals surface area contributed by atoms with Gasteiger partial charge in [0.15, 0.2) is 5.78 Å². The minimum atomic E-state index is 0.0566. The predicted octanol–water partition coefficient (Wildman–Crippen LogP) is 3.81. The third-order valence-electron chi connectivity index (χ3n) is 4.74. The minimum Gasteiger partial charge on any atom is -0.497 e. The summed E-state index contributed by atoms with van der Waals surface area (Å²) in [6.07, 6.45) is 2.74. The Kier molecular flexibility index (Phi) is 5.87. The summed E-state index contributed by atoms with van der Waals surface area (Å²) in [4.78, 5) is 27.6. The molecule has 1 saturated heterocycles. The molecule has 0 N–H and O–H groups in total. The number of rotatable bonds is 6. The van der Waals surface area contributed by atoms with Crippen LogP contribution in [0.5, 0.6) is 5.75 Å². The Hall–Kier alpha value is -2.14. The molecule has 132 valence electrons. The van der Waals surface area contributed by atoms with E-state index >= 15 is 0 Å². The number of ketones is 1. The number of carbonyl (C=O) groups excluding carboxylic acids is 2. The molecule has 0 bridgehead atoms. The Morgan fingerprint density at radius 1 is 1.20 bits per heavy atom. The normalized spacial score (nSPS) is 15.2. The highest BCUT2D eigenvalue weighted by atomic mass is 32.1. The molecule has 1 aliphatic rings. The van der Waals surface area contributed by atoms with E-state index in [4.69, 9.17) is 4.74 Å². The smallest absolute Gasteiger partial charge is 0.222 e. The predicted molar refractivity (Wildman–Crippen MR) is 99.3 cm³/mol. The molecule has 25 heavy (non-hydrogen) atoms. The standard InChI is InChI=1S/C20H23NO3S/c1-24-17-5-2-4-15(14-17)7-8-19(22)21-11-9-16(10-12-21)20(23)18-6-3-13-25-18/h2-6,13-14,16H,7-12H2,1H3. The molecule has 0 saturated carbocycles. The third-order valence-corrected chi connectivity index (χ3v) is 5.63. The van der Waals surface area contributed by atoms with Gasteiger partial charge in [0.2, 0.25) is 5.91 Å². The van der Waals surface area contributed by atoms with Crippen LogP contribution in [0.3, 0.4) is 0 Å². The summed E-state index contributed by atoms with van der Waals surface area (Å²) in [5.41, 5.74) is 1.11. The van der Waals surface area contributed by atoms with Crippen molar-refractivity contribution in [2.75, 3.05) is 20.2 Å². The van der Waals surface area contributed by atoms with Crippen molar-refractivity contribution in [1.82, 2.24) is 4.90 Å². The van der Waals surface area contributed by atoms with Crippen molar-refractivity contribution in [3.63, 3.8) is 0 Å². The van der Waals surface area contributed by atoms with Crippen LogP contribution in [0, 0.1) is 5.92 Å². The first kappa shape index (κ1) is 17.7. The highest BCUT2D eigenvalue weighted by Gasteiger charge is 2.28. The van der Waals surface area contributed by atoms with Crippen LogP contribution < -0.4 is 4.74 Å². The Morgan fingerprint density at radius 3 is 2.68 bits per heavy atom. The van der Waals surface area contributed by atoms with Gasteiger partial charge in [-0.05, 0) is 48.4 Å². The number of thiophene rings is 1. The van der Waals surface area contributed by atoms with E-state index in [1.54, 1.807) is 7.11 Å². The second-order valence-electron chi connectivity index (χ2n) is 6.35. The van der Waals surface area contributed by atoms with Gasteiger partial charge in [0.1, 0.15) is 5.75 Å². The number of ether oxygens (including phenoxy) is 1. The maximum atomic E-state index is 12.4. The Balaban J connectivity index is 1.47. The van der Waals surface area contributed by atoms with Gasteiger partial charge in [0, 0.05) is 25.4 Å². The molecule has 3 rings (SSSR count). The summed E-state index contributed by atoms with van der Waals surface area (Å²) in [7, 11) is 1.64. The first-order valence-electron chi connectivity index (χ1n) is 8.66. The van der Waals surface area contributed by atoms with E-state index in [2.05, 4.69) is 0 Å². The van der Waals surface area contributed by atoms with E-state index in [1.807, 2.05) is 46.7 Å². The van der Waals surface area contributed by atoms with Gasteiger partial charge in [0.25, 0.3) is 0 Å². The van der Waals surface area contributed by atoms with Gasteiger partial charge in [-0.2, -0.15) is 0 Å². The summed E-state index contributed by atoms with van der Waals surface area (Å²) < 4.78 is 5.22. The molecule has 0 spiro atoms. The molecular weight excluding hydrogens is 334 g/mol. The van der Waals surface area contributed by atoms with Crippen LogP contribution >= 0.6 is 11.3 Å². The van der Waals surface area contributed by atoms with E-state index < -0.39 is 0 Å². The van der Waals surface area contributed by atoms with Crippen LogP contribution in [0.1, 0.15) is 34.5 Å². The number of amides is 1. The van der Waals surface area contributed by atoms with Crippen molar-refractivity contribution >= 4 is 23.0 Å². The lowest BCUT2D eigenvalue weighted by molar-refractivity contribution is -0.132. The van der Waals surface area contributed by atoms with Crippen LogP contribution in [0.25, 0.3) is 0 Å². The van der Waals surface area contributed by atoms with Crippen molar-refractivity contribution in [2.45, 2.75) is 25.7 Å². The lowest BCUT2D eigenvalue weighted by Crippen LogP contribution is -2.40. The van der Waals surface area contributed by atoms with Crippen molar-refractivity contribution in [3.05, 3.63) is 52.2 Å². The highest BCUT2D eigenvalue weighted by molar-refractivity contribution is 7.12. The minimum absolute atomic E-state index is 0.0566. The molecule has 0 unspecified atom stereocenters. The number of piperidine rings is 1. The maximum Gasteiger partial charge on any atom is 0.222 e. The molecule has 0 radical (unpaired) electrons. The number of likely N-dealkylation sites (tertiary alicyclic amines) is 1. The zero-order valence-electron chi connectivity index (χ0n) is 14.4. The van der Waals surface area contributed by atoms with Gasteiger partial charge in [-0.15, -0.1) is 11.3 Å². The number of carbonyl (C=O) groups is 2. The Labute approximate surface area is 152 Å². The molecule has 1 amide bonds. The van der Waals surface area contributed by atoms with Gasteiger partial charge in [-0.1, -0.05) is 18.2 Å².